The number of rotatable bonds is 13. The molecule has 2 rings (SSSR count). The Hall–Kier alpha value is -2.14. The first-order valence-corrected chi connectivity index (χ1v) is 10.5. The van der Waals surface area contributed by atoms with Gasteiger partial charge in [0, 0.05) is 6.42 Å². The predicted molar refractivity (Wildman–Crippen MR) is 108 cm³/mol. The van der Waals surface area contributed by atoms with E-state index in [0.717, 1.165) is 19.3 Å². The number of hydrogen-bond acceptors (Lipinski definition) is 5. The summed E-state index contributed by atoms with van der Waals surface area (Å²) < 4.78 is 10.2. The van der Waals surface area contributed by atoms with Crippen LogP contribution in [0.3, 0.4) is 0 Å². The highest BCUT2D eigenvalue weighted by Crippen LogP contribution is 2.29. The van der Waals surface area contributed by atoms with Crippen LogP contribution < -0.4 is 0 Å². The van der Waals surface area contributed by atoms with Crippen molar-refractivity contribution in [3.05, 3.63) is 41.5 Å². The normalized spacial score (nSPS) is 16.4. The van der Waals surface area contributed by atoms with Crippen molar-refractivity contribution in [2.45, 2.75) is 77.4 Å². The summed E-state index contributed by atoms with van der Waals surface area (Å²) in [5.74, 6) is -0.905. The smallest absolute Gasteiger partial charge is 0.341 e. The summed E-state index contributed by atoms with van der Waals surface area (Å²) in [6, 6.07) is 8.96. The molecule has 0 spiro atoms. The van der Waals surface area contributed by atoms with Crippen molar-refractivity contribution >= 4 is 17.5 Å². The van der Waals surface area contributed by atoms with Gasteiger partial charge in [-0.05, 0) is 12.0 Å². The molecule has 0 saturated heterocycles. The number of benzene rings is 1. The fourth-order valence-electron chi connectivity index (χ4n) is 3.35. The van der Waals surface area contributed by atoms with Gasteiger partial charge < -0.3 is 14.6 Å². The molecule has 154 valence electrons. The summed E-state index contributed by atoms with van der Waals surface area (Å²) in [7, 11) is 0. The summed E-state index contributed by atoms with van der Waals surface area (Å²) in [5, 5.41) is 9.96. The van der Waals surface area contributed by atoms with Crippen molar-refractivity contribution in [1.82, 2.24) is 0 Å². The van der Waals surface area contributed by atoms with Crippen LogP contribution in [-0.4, -0.2) is 29.9 Å². The van der Waals surface area contributed by atoms with Crippen LogP contribution in [0.5, 0.6) is 0 Å². The molecule has 0 aliphatic carbocycles. The van der Waals surface area contributed by atoms with Crippen LogP contribution >= 0.6 is 0 Å². The fourth-order valence-corrected chi connectivity index (χ4v) is 3.35. The second-order valence-corrected chi connectivity index (χ2v) is 7.26. The van der Waals surface area contributed by atoms with Gasteiger partial charge in [-0.2, -0.15) is 0 Å². The van der Waals surface area contributed by atoms with Gasteiger partial charge in [-0.3, -0.25) is 4.79 Å². The lowest BCUT2D eigenvalue weighted by Gasteiger charge is -2.09. The molecule has 28 heavy (non-hydrogen) atoms. The van der Waals surface area contributed by atoms with Crippen molar-refractivity contribution < 1.29 is 24.2 Å². The van der Waals surface area contributed by atoms with Crippen molar-refractivity contribution in [2.24, 2.45) is 0 Å². The molecule has 1 N–H and O–H groups in total. The van der Waals surface area contributed by atoms with Gasteiger partial charge in [-0.1, -0.05) is 88.6 Å². The van der Waals surface area contributed by atoms with E-state index in [1.165, 1.54) is 38.5 Å². The SMILES string of the molecule is CCCCCCCCCCCC(=O)OCC1=C(c2ccccc2)C(=O)OC1O. The average Bonchev–Trinajstić information content (AvgIpc) is 2.98. The topological polar surface area (TPSA) is 72.8 Å². The monoisotopic (exact) mass is 388 g/mol. The molecule has 1 aliphatic rings. The summed E-state index contributed by atoms with van der Waals surface area (Å²) in [5.41, 5.74) is 1.23. The number of carbonyl (C=O) groups excluding carboxylic acids is 2. The molecule has 1 heterocycles. The van der Waals surface area contributed by atoms with E-state index in [-0.39, 0.29) is 18.1 Å². The lowest BCUT2D eigenvalue weighted by Crippen LogP contribution is -2.16. The third-order valence-electron chi connectivity index (χ3n) is 4.98. The van der Waals surface area contributed by atoms with E-state index in [1.54, 1.807) is 24.3 Å². The highest BCUT2D eigenvalue weighted by Gasteiger charge is 2.34. The second-order valence-electron chi connectivity index (χ2n) is 7.26. The fraction of sp³-hybridized carbons (Fsp3) is 0.565. The zero-order valence-corrected chi connectivity index (χ0v) is 16.8. The molecule has 0 bridgehead atoms. The summed E-state index contributed by atoms with van der Waals surface area (Å²) in [6.45, 7) is 2.09. The Labute approximate surface area is 167 Å². The highest BCUT2D eigenvalue weighted by molar-refractivity contribution is 6.19. The Morgan fingerprint density at radius 1 is 1.00 bits per heavy atom. The summed E-state index contributed by atoms with van der Waals surface area (Å²) in [4.78, 5) is 24.0. The number of esters is 2. The van der Waals surface area contributed by atoms with E-state index < -0.39 is 12.3 Å². The van der Waals surface area contributed by atoms with Crippen molar-refractivity contribution in [3.8, 4) is 0 Å². The van der Waals surface area contributed by atoms with Crippen LogP contribution in [0.2, 0.25) is 0 Å². The molecule has 0 aromatic heterocycles. The minimum Gasteiger partial charge on any atom is -0.461 e. The number of hydrogen-bond donors (Lipinski definition) is 1. The molecule has 1 aliphatic heterocycles. The van der Waals surface area contributed by atoms with E-state index >= 15 is 0 Å². The van der Waals surface area contributed by atoms with Crippen molar-refractivity contribution in [1.29, 1.82) is 0 Å². The molecule has 1 aromatic carbocycles. The lowest BCUT2D eigenvalue weighted by atomic mass is 10.0. The average molecular weight is 389 g/mol. The number of aliphatic hydroxyl groups is 1. The van der Waals surface area contributed by atoms with Gasteiger partial charge in [0.05, 0.1) is 11.1 Å². The second kappa shape index (κ2) is 12.3. The predicted octanol–water partition coefficient (Wildman–Crippen LogP) is 4.78. The molecule has 0 amide bonds. The third kappa shape index (κ3) is 7.12. The zero-order valence-electron chi connectivity index (χ0n) is 16.8. The molecule has 1 unspecified atom stereocenters. The number of cyclic esters (lactones) is 1. The van der Waals surface area contributed by atoms with E-state index in [4.69, 9.17) is 9.47 Å². The van der Waals surface area contributed by atoms with Crippen molar-refractivity contribution in [2.75, 3.05) is 6.61 Å². The third-order valence-corrected chi connectivity index (χ3v) is 4.98. The van der Waals surface area contributed by atoms with Crippen LogP contribution in [0, 0.1) is 0 Å². The Balaban J connectivity index is 1.70. The van der Waals surface area contributed by atoms with Crippen LogP contribution in [0.4, 0.5) is 0 Å². The molecular formula is C23H32O5. The zero-order chi connectivity index (χ0) is 20.2. The molecule has 0 saturated carbocycles. The quantitative estimate of drug-likeness (QED) is 0.389. The van der Waals surface area contributed by atoms with Gasteiger partial charge in [-0.15, -0.1) is 0 Å². The number of carbonyl (C=O) groups is 2. The maximum Gasteiger partial charge on any atom is 0.341 e. The molecule has 1 atom stereocenters. The van der Waals surface area contributed by atoms with Crippen molar-refractivity contribution in [3.63, 3.8) is 0 Å². The Morgan fingerprint density at radius 3 is 2.25 bits per heavy atom. The van der Waals surface area contributed by atoms with Gasteiger partial charge in [0.2, 0.25) is 6.29 Å². The number of unbranched alkanes of at least 4 members (excludes halogenated alkanes) is 8. The Bertz CT molecular complexity index is 650. The first-order valence-electron chi connectivity index (χ1n) is 10.5. The first kappa shape index (κ1) is 22.2. The first-order chi connectivity index (χ1) is 13.6. The standard InChI is InChI=1S/C23H32O5/c1-2-3-4-5-6-7-8-9-13-16-20(24)27-17-19-21(23(26)28-22(19)25)18-14-11-10-12-15-18/h10-12,14-15,22,25H,2-9,13,16-17H2,1H3. The summed E-state index contributed by atoms with van der Waals surface area (Å²) in [6.07, 6.45) is 9.66. The summed E-state index contributed by atoms with van der Waals surface area (Å²) >= 11 is 0. The highest BCUT2D eigenvalue weighted by atomic mass is 16.6. The van der Waals surface area contributed by atoms with E-state index in [9.17, 15) is 14.7 Å². The number of ether oxygens (including phenoxy) is 2. The Kier molecular flexibility index (Phi) is 9.77. The van der Waals surface area contributed by atoms with E-state index in [2.05, 4.69) is 6.92 Å². The Morgan fingerprint density at radius 2 is 1.61 bits per heavy atom. The van der Waals surface area contributed by atoms with Crippen LogP contribution in [0.15, 0.2) is 35.9 Å². The molecule has 0 radical (unpaired) electrons. The molecular weight excluding hydrogens is 356 g/mol. The minimum absolute atomic E-state index is 0.132. The van der Waals surface area contributed by atoms with Crippen LogP contribution in [0.1, 0.15) is 76.7 Å². The van der Waals surface area contributed by atoms with E-state index in [0.29, 0.717) is 17.6 Å². The maximum absolute atomic E-state index is 12.0. The molecule has 5 nitrogen and oxygen atoms in total. The lowest BCUT2D eigenvalue weighted by molar-refractivity contribution is -0.151. The van der Waals surface area contributed by atoms with Gasteiger partial charge in [0.25, 0.3) is 0 Å². The van der Waals surface area contributed by atoms with Crippen LogP contribution in [-0.2, 0) is 19.1 Å². The van der Waals surface area contributed by atoms with Crippen LogP contribution in [0.25, 0.3) is 5.57 Å². The van der Waals surface area contributed by atoms with Gasteiger partial charge in [0.15, 0.2) is 0 Å². The largest absolute Gasteiger partial charge is 0.461 e. The van der Waals surface area contributed by atoms with Gasteiger partial charge in [0.1, 0.15) is 6.61 Å². The van der Waals surface area contributed by atoms with Gasteiger partial charge >= 0.3 is 11.9 Å². The van der Waals surface area contributed by atoms with Gasteiger partial charge in [-0.25, -0.2) is 4.79 Å². The molecule has 1 aromatic rings. The van der Waals surface area contributed by atoms with E-state index in [1.807, 2.05) is 6.07 Å². The molecule has 0 fully saturated rings. The minimum atomic E-state index is -1.36. The maximum atomic E-state index is 12.0. The molecule has 5 heteroatoms. The number of aliphatic hydroxyl groups excluding tert-OH is 1.